The van der Waals surface area contributed by atoms with Crippen LogP contribution in [0.1, 0.15) is 24.0 Å². The van der Waals surface area contributed by atoms with Crippen molar-refractivity contribution in [3.05, 3.63) is 65.7 Å². The minimum atomic E-state index is -2.85. The second-order valence-electron chi connectivity index (χ2n) is 6.59. The Morgan fingerprint density at radius 1 is 1.11 bits per heavy atom. The summed E-state index contributed by atoms with van der Waals surface area (Å²) < 4.78 is 34.4. The van der Waals surface area contributed by atoms with Gasteiger partial charge in [-0.15, -0.1) is 0 Å². The van der Waals surface area contributed by atoms with Crippen LogP contribution >= 0.6 is 0 Å². The molecule has 1 heterocycles. The van der Waals surface area contributed by atoms with Crippen LogP contribution in [0.3, 0.4) is 0 Å². The maximum Gasteiger partial charge on any atom is 0.387 e. The first-order chi connectivity index (χ1) is 13.1. The van der Waals surface area contributed by atoms with Crippen molar-refractivity contribution in [1.29, 1.82) is 0 Å². The zero-order chi connectivity index (χ0) is 19.2. The van der Waals surface area contributed by atoms with Crippen LogP contribution in [0.25, 0.3) is 0 Å². The summed E-state index contributed by atoms with van der Waals surface area (Å²) in [5.41, 5.74) is 2.10. The third kappa shape index (κ3) is 5.04. The lowest BCUT2D eigenvalue weighted by Crippen LogP contribution is -2.25. The zero-order valence-corrected chi connectivity index (χ0v) is 15.2. The van der Waals surface area contributed by atoms with E-state index >= 15 is 0 Å². The van der Waals surface area contributed by atoms with E-state index in [0.29, 0.717) is 19.7 Å². The molecular weight excluding hydrogens is 352 g/mol. The Bertz CT molecular complexity index is 737. The third-order valence-electron chi connectivity index (χ3n) is 4.77. The molecule has 0 amide bonds. The molecule has 27 heavy (non-hydrogen) atoms. The molecule has 0 aliphatic carbocycles. The van der Waals surface area contributed by atoms with E-state index in [4.69, 9.17) is 4.74 Å². The first-order valence-electron chi connectivity index (χ1n) is 9.04. The van der Waals surface area contributed by atoms with Gasteiger partial charge in [0.05, 0.1) is 12.5 Å². The Morgan fingerprint density at radius 3 is 2.44 bits per heavy atom. The summed E-state index contributed by atoms with van der Waals surface area (Å²) in [4.78, 5) is 14.7. The standard InChI is InChI=1S/C21H23F2NO3/c1-2-26-20(25)19-14-24(12-15-6-4-3-5-7-15)13-18(19)16-8-10-17(11-9-16)27-21(22)23/h3-11,18-19,21H,2,12-14H2,1H3/t18-,19+/m1/s1. The van der Waals surface area contributed by atoms with E-state index in [1.165, 1.54) is 17.7 Å². The average molecular weight is 375 g/mol. The number of rotatable bonds is 7. The van der Waals surface area contributed by atoms with Gasteiger partial charge in [0.25, 0.3) is 0 Å². The molecule has 3 rings (SSSR count). The van der Waals surface area contributed by atoms with Crippen LogP contribution in [0.5, 0.6) is 5.75 Å². The highest BCUT2D eigenvalue weighted by molar-refractivity contribution is 5.74. The first-order valence-corrected chi connectivity index (χ1v) is 9.04. The normalized spacial score (nSPS) is 20.0. The minimum Gasteiger partial charge on any atom is -0.466 e. The van der Waals surface area contributed by atoms with Gasteiger partial charge in [-0.3, -0.25) is 9.69 Å². The monoisotopic (exact) mass is 375 g/mol. The lowest BCUT2D eigenvalue weighted by atomic mass is 9.89. The van der Waals surface area contributed by atoms with E-state index in [-0.39, 0.29) is 23.6 Å². The molecule has 0 unspecified atom stereocenters. The van der Waals surface area contributed by atoms with Gasteiger partial charge in [-0.1, -0.05) is 42.5 Å². The molecule has 0 N–H and O–H groups in total. The lowest BCUT2D eigenvalue weighted by Gasteiger charge is -2.18. The number of hydrogen-bond donors (Lipinski definition) is 0. The van der Waals surface area contributed by atoms with Gasteiger partial charge in [0.1, 0.15) is 5.75 Å². The van der Waals surface area contributed by atoms with Crippen LogP contribution in [0.15, 0.2) is 54.6 Å². The number of alkyl halides is 2. The summed E-state index contributed by atoms with van der Waals surface area (Å²) in [7, 11) is 0. The topological polar surface area (TPSA) is 38.8 Å². The van der Waals surface area contributed by atoms with Gasteiger partial charge >= 0.3 is 12.6 Å². The van der Waals surface area contributed by atoms with E-state index in [2.05, 4.69) is 21.8 Å². The second kappa shape index (κ2) is 8.95. The van der Waals surface area contributed by atoms with Crippen molar-refractivity contribution < 1.29 is 23.0 Å². The van der Waals surface area contributed by atoms with Crippen LogP contribution in [-0.2, 0) is 16.1 Å². The van der Waals surface area contributed by atoms with Crippen molar-refractivity contribution in [2.45, 2.75) is 26.0 Å². The SMILES string of the molecule is CCOC(=O)[C@H]1CN(Cc2ccccc2)C[C@@H]1c1ccc(OC(F)F)cc1. The maximum absolute atomic E-state index is 12.5. The highest BCUT2D eigenvalue weighted by Gasteiger charge is 2.39. The quantitative estimate of drug-likeness (QED) is 0.684. The number of hydrogen-bond acceptors (Lipinski definition) is 4. The van der Waals surface area contributed by atoms with Crippen LogP contribution in [-0.4, -0.2) is 37.2 Å². The molecule has 2 atom stereocenters. The number of halogens is 2. The second-order valence-corrected chi connectivity index (χ2v) is 6.59. The molecule has 0 radical (unpaired) electrons. The average Bonchev–Trinajstić information content (AvgIpc) is 3.07. The summed E-state index contributed by atoms with van der Waals surface area (Å²) in [5.74, 6) is -0.435. The van der Waals surface area contributed by atoms with Crippen LogP contribution in [0.2, 0.25) is 0 Å². The summed E-state index contributed by atoms with van der Waals surface area (Å²) in [6, 6.07) is 16.6. The molecular formula is C21H23F2NO3. The predicted molar refractivity (Wildman–Crippen MR) is 97.7 cm³/mol. The molecule has 0 spiro atoms. The molecule has 0 aromatic heterocycles. The summed E-state index contributed by atoms with van der Waals surface area (Å²) >= 11 is 0. The van der Waals surface area contributed by atoms with Gasteiger partial charge in [-0.2, -0.15) is 8.78 Å². The molecule has 0 bridgehead atoms. The molecule has 1 aliphatic heterocycles. The number of nitrogens with zero attached hydrogens (tertiary/aromatic N) is 1. The minimum absolute atomic E-state index is 0.0478. The van der Waals surface area contributed by atoms with E-state index < -0.39 is 6.61 Å². The molecule has 1 saturated heterocycles. The van der Waals surface area contributed by atoms with Gasteiger partial charge in [0.15, 0.2) is 0 Å². The van der Waals surface area contributed by atoms with Gasteiger partial charge in [-0.25, -0.2) is 0 Å². The van der Waals surface area contributed by atoms with E-state index in [1.54, 1.807) is 19.1 Å². The highest BCUT2D eigenvalue weighted by atomic mass is 19.3. The van der Waals surface area contributed by atoms with E-state index in [0.717, 1.165) is 12.1 Å². The molecule has 6 heteroatoms. The number of likely N-dealkylation sites (tertiary alicyclic amines) is 1. The number of ether oxygens (including phenoxy) is 2. The predicted octanol–water partition coefficient (Wildman–Crippen LogP) is 4.07. The number of benzene rings is 2. The fraction of sp³-hybridized carbons (Fsp3) is 0.381. The van der Waals surface area contributed by atoms with Crippen LogP contribution in [0, 0.1) is 5.92 Å². The van der Waals surface area contributed by atoms with E-state index in [9.17, 15) is 13.6 Å². The first kappa shape index (κ1) is 19.3. The molecule has 2 aromatic carbocycles. The van der Waals surface area contributed by atoms with Gasteiger partial charge in [-0.05, 0) is 30.2 Å². The molecule has 0 saturated carbocycles. The molecule has 1 fully saturated rings. The van der Waals surface area contributed by atoms with E-state index in [1.807, 2.05) is 18.2 Å². The van der Waals surface area contributed by atoms with Crippen molar-refractivity contribution in [3.8, 4) is 5.75 Å². The number of carbonyl (C=O) groups excluding carboxylic acids is 1. The maximum atomic E-state index is 12.5. The van der Waals surface area contributed by atoms with Crippen LogP contribution in [0.4, 0.5) is 8.78 Å². The van der Waals surface area contributed by atoms with Crippen molar-refractivity contribution in [2.75, 3.05) is 19.7 Å². The molecule has 1 aliphatic rings. The fourth-order valence-electron chi connectivity index (χ4n) is 3.58. The Hall–Kier alpha value is -2.47. The van der Waals surface area contributed by atoms with Gasteiger partial charge < -0.3 is 9.47 Å². The fourth-order valence-corrected chi connectivity index (χ4v) is 3.58. The van der Waals surface area contributed by atoms with Crippen LogP contribution < -0.4 is 4.74 Å². The third-order valence-corrected chi connectivity index (χ3v) is 4.77. The van der Waals surface area contributed by atoms with Crippen molar-refractivity contribution in [1.82, 2.24) is 4.90 Å². The molecule has 144 valence electrons. The largest absolute Gasteiger partial charge is 0.466 e. The summed E-state index contributed by atoms with van der Waals surface area (Å²) in [6.07, 6.45) is 0. The van der Waals surface area contributed by atoms with Crippen molar-refractivity contribution in [2.24, 2.45) is 5.92 Å². The summed E-state index contributed by atoms with van der Waals surface area (Å²) in [5, 5.41) is 0. The Kier molecular flexibility index (Phi) is 6.40. The Morgan fingerprint density at radius 2 is 1.81 bits per heavy atom. The summed E-state index contributed by atoms with van der Waals surface area (Å²) in [6.45, 7) is 1.33. The van der Waals surface area contributed by atoms with Crippen molar-refractivity contribution >= 4 is 5.97 Å². The number of esters is 1. The van der Waals surface area contributed by atoms with Crippen molar-refractivity contribution in [3.63, 3.8) is 0 Å². The van der Waals surface area contributed by atoms with Gasteiger partial charge in [0.2, 0.25) is 0 Å². The Labute approximate surface area is 157 Å². The zero-order valence-electron chi connectivity index (χ0n) is 15.2. The Balaban J connectivity index is 1.76. The molecule has 4 nitrogen and oxygen atoms in total. The highest BCUT2D eigenvalue weighted by Crippen LogP contribution is 2.35. The lowest BCUT2D eigenvalue weighted by molar-refractivity contribution is -0.148. The smallest absolute Gasteiger partial charge is 0.387 e. The molecule has 2 aromatic rings. The number of carbonyl (C=O) groups is 1. The van der Waals surface area contributed by atoms with Gasteiger partial charge in [0, 0.05) is 25.6 Å².